The van der Waals surface area contributed by atoms with E-state index in [1.54, 1.807) is 0 Å². The van der Waals surface area contributed by atoms with Gasteiger partial charge in [0.15, 0.2) is 17.5 Å². The Hall–Kier alpha value is -8.15. The second kappa shape index (κ2) is 15.0. The van der Waals surface area contributed by atoms with E-state index < -0.39 is 0 Å². The number of rotatable bonds is 8. The summed E-state index contributed by atoms with van der Waals surface area (Å²) in [6.07, 6.45) is 0. The van der Waals surface area contributed by atoms with Crippen molar-refractivity contribution in [2.45, 2.75) is 0 Å². The minimum Gasteiger partial charge on any atom is -0.456 e. The molecule has 0 fully saturated rings. The summed E-state index contributed by atoms with van der Waals surface area (Å²) in [4.78, 5) is 17.7. The lowest BCUT2D eigenvalue weighted by atomic mass is 9.97. The zero-order chi connectivity index (χ0) is 39.8. The molecule has 9 aromatic carbocycles. The number of para-hydroxylation sites is 1. The molecule has 0 saturated carbocycles. The van der Waals surface area contributed by atoms with E-state index in [4.69, 9.17) is 19.4 Å². The largest absolute Gasteiger partial charge is 0.456 e. The molecule has 0 atom stereocenters. The summed E-state index contributed by atoms with van der Waals surface area (Å²) in [7, 11) is 0. The maximum atomic E-state index is 6.75. The Morgan fingerprint density at radius 2 is 0.750 bits per heavy atom. The fourth-order valence-corrected chi connectivity index (χ4v) is 8.12. The first-order valence-electron chi connectivity index (χ1n) is 20.1. The van der Waals surface area contributed by atoms with Crippen LogP contribution in [0.5, 0.6) is 0 Å². The Labute approximate surface area is 347 Å². The zero-order valence-electron chi connectivity index (χ0n) is 32.5. The maximum absolute atomic E-state index is 6.75. The van der Waals surface area contributed by atoms with Crippen molar-refractivity contribution in [1.29, 1.82) is 0 Å². The number of anilines is 3. The molecule has 2 heterocycles. The van der Waals surface area contributed by atoms with E-state index in [-0.39, 0.29) is 0 Å². The van der Waals surface area contributed by atoms with Crippen LogP contribution in [-0.4, -0.2) is 15.0 Å². The molecule has 0 bridgehead atoms. The van der Waals surface area contributed by atoms with Crippen molar-refractivity contribution in [3.8, 4) is 56.4 Å². The average Bonchev–Trinajstić information content (AvgIpc) is 3.69. The van der Waals surface area contributed by atoms with E-state index in [1.165, 1.54) is 11.1 Å². The summed E-state index contributed by atoms with van der Waals surface area (Å²) in [6, 6.07) is 75.8. The molecule has 0 saturated heterocycles. The van der Waals surface area contributed by atoms with Crippen molar-refractivity contribution in [2.24, 2.45) is 0 Å². The summed E-state index contributed by atoms with van der Waals surface area (Å²) in [5.41, 5.74) is 11.9. The van der Waals surface area contributed by atoms with Crippen LogP contribution in [0.3, 0.4) is 0 Å². The minimum atomic E-state index is 0.580. The van der Waals surface area contributed by atoms with Crippen molar-refractivity contribution in [3.05, 3.63) is 218 Å². The van der Waals surface area contributed by atoms with Gasteiger partial charge in [0.25, 0.3) is 0 Å². The Kier molecular flexibility index (Phi) is 8.75. The quantitative estimate of drug-likeness (QED) is 0.154. The van der Waals surface area contributed by atoms with Crippen LogP contribution in [0.4, 0.5) is 17.1 Å². The molecule has 5 heteroatoms. The second-order valence-corrected chi connectivity index (χ2v) is 14.9. The normalized spacial score (nSPS) is 11.3. The lowest BCUT2D eigenvalue weighted by molar-refractivity contribution is 0.669. The standard InChI is InChI=1S/C55H36N4O/c1-5-15-37(16-6-1)38-25-29-46(30-26-38)59(45-23-11-4-12-24-45)47-31-27-39(28-32-47)44-34-49(52-48-33-42-21-13-14-22-43(42)35-50(48)60-51(52)36-44)55-57-53(40-17-7-2-8-18-40)56-54(58-55)41-19-9-3-10-20-41/h1-36H. The molecular formula is C55H36N4O. The van der Waals surface area contributed by atoms with E-state index in [1.807, 2.05) is 66.7 Å². The van der Waals surface area contributed by atoms with E-state index in [9.17, 15) is 0 Å². The smallest absolute Gasteiger partial charge is 0.164 e. The highest BCUT2D eigenvalue weighted by Crippen LogP contribution is 2.42. The lowest BCUT2D eigenvalue weighted by Gasteiger charge is -2.26. The van der Waals surface area contributed by atoms with Gasteiger partial charge in [0.2, 0.25) is 0 Å². The first-order valence-corrected chi connectivity index (χ1v) is 20.1. The number of hydrogen-bond acceptors (Lipinski definition) is 5. The average molecular weight is 769 g/mol. The summed E-state index contributed by atoms with van der Waals surface area (Å²) >= 11 is 0. The van der Waals surface area contributed by atoms with Gasteiger partial charge in [-0.25, -0.2) is 15.0 Å². The number of benzene rings is 9. The van der Waals surface area contributed by atoms with Crippen LogP contribution in [-0.2, 0) is 0 Å². The third kappa shape index (κ3) is 6.54. The molecule has 0 unspecified atom stereocenters. The van der Waals surface area contributed by atoms with E-state index in [0.717, 1.165) is 77.6 Å². The number of furan rings is 1. The first kappa shape index (κ1) is 35.0. The van der Waals surface area contributed by atoms with Crippen LogP contribution in [0, 0.1) is 0 Å². The highest BCUT2D eigenvalue weighted by molar-refractivity contribution is 6.16. The third-order valence-electron chi connectivity index (χ3n) is 11.1. The molecule has 0 aliphatic carbocycles. The molecule has 11 aromatic rings. The van der Waals surface area contributed by atoms with Crippen molar-refractivity contribution >= 4 is 49.8 Å². The highest BCUT2D eigenvalue weighted by Gasteiger charge is 2.21. The van der Waals surface area contributed by atoms with Gasteiger partial charge in [0.05, 0.1) is 0 Å². The summed E-state index contributed by atoms with van der Waals surface area (Å²) < 4.78 is 6.75. The molecular weight excluding hydrogens is 733 g/mol. The van der Waals surface area contributed by atoms with Gasteiger partial charge in [-0.15, -0.1) is 0 Å². The summed E-state index contributed by atoms with van der Waals surface area (Å²) in [5.74, 6) is 1.80. The molecule has 2 aromatic heterocycles. The predicted molar refractivity (Wildman–Crippen MR) is 246 cm³/mol. The van der Waals surface area contributed by atoms with Crippen molar-refractivity contribution < 1.29 is 4.42 Å². The Morgan fingerprint density at radius 1 is 0.317 bits per heavy atom. The number of aromatic nitrogens is 3. The number of nitrogens with zero attached hydrogens (tertiary/aromatic N) is 4. The SMILES string of the molecule is c1ccc(-c2ccc(N(c3ccccc3)c3ccc(-c4cc(-c5nc(-c6ccccc6)nc(-c6ccccc6)n5)c5c(c4)oc4cc6ccccc6cc45)cc3)cc2)cc1. The minimum absolute atomic E-state index is 0.580. The fourth-order valence-electron chi connectivity index (χ4n) is 8.12. The first-order chi connectivity index (χ1) is 29.7. The molecule has 0 spiro atoms. The second-order valence-electron chi connectivity index (χ2n) is 14.9. The van der Waals surface area contributed by atoms with Crippen LogP contribution >= 0.6 is 0 Å². The molecule has 0 radical (unpaired) electrons. The van der Waals surface area contributed by atoms with E-state index in [0.29, 0.717) is 17.5 Å². The molecule has 0 amide bonds. The molecule has 282 valence electrons. The molecule has 0 aliphatic rings. The van der Waals surface area contributed by atoms with Crippen molar-refractivity contribution in [1.82, 2.24) is 15.0 Å². The van der Waals surface area contributed by atoms with E-state index in [2.05, 4.69) is 157 Å². The maximum Gasteiger partial charge on any atom is 0.164 e. The lowest BCUT2D eigenvalue weighted by Crippen LogP contribution is -2.09. The highest BCUT2D eigenvalue weighted by atomic mass is 16.3. The third-order valence-corrected chi connectivity index (χ3v) is 11.1. The topological polar surface area (TPSA) is 55.1 Å². The van der Waals surface area contributed by atoms with Gasteiger partial charge >= 0.3 is 0 Å². The fraction of sp³-hybridized carbons (Fsp3) is 0. The van der Waals surface area contributed by atoms with Gasteiger partial charge in [-0.3, -0.25) is 0 Å². The molecule has 11 rings (SSSR count). The molecule has 5 nitrogen and oxygen atoms in total. The van der Waals surface area contributed by atoms with Crippen LogP contribution in [0.1, 0.15) is 0 Å². The Balaban J connectivity index is 1.07. The zero-order valence-corrected chi connectivity index (χ0v) is 32.5. The number of hydrogen-bond donors (Lipinski definition) is 0. The molecule has 60 heavy (non-hydrogen) atoms. The predicted octanol–water partition coefficient (Wildman–Crippen LogP) is 14.7. The Morgan fingerprint density at radius 3 is 1.32 bits per heavy atom. The Bertz CT molecular complexity index is 3220. The summed E-state index contributed by atoms with van der Waals surface area (Å²) in [6.45, 7) is 0. The van der Waals surface area contributed by atoms with Crippen molar-refractivity contribution in [3.63, 3.8) is 0 Å². The summed E-state index contributed by atoms with van der Waals surface area (Å²) in [5, 5.41) is 4.24. The monoisotopic (exact) mass is 768 g/mol. The van der Waals surface area contributed by atoms with Gasteiger partial charge in [-0.05, 0) is 93.7 Å². The molecule has 0 aliphatic heterocycles. The molecule has 0 N–H and O–H groups in total. The van der Waals surface area contributed by atoms with Crippen LogP contribution in [0.25, 0.3) is 89.1 Å². The van der Waals surface area contributed by atoms with Gasteiger partial charge in [-0.1, -0.05) is 158 Å². The van der Waals surface area contributed by atoms with Gasteiger partial charge in [-0.2, -0.15) is 0 Å². The van der Waals surface area contributed by atoms with Crippen molar-refractivity contribution in [2.75, 3.05) is 4.90 Å². The number of fused-ring (bicyclic) bond motifs is 4. The van der Waals surface area contributed by atoms with Gasteiger partial charge < -0.3 is 9.32 Å². The van der Waals surface area contributed by atoms with Crippen LogP contribution < -0.4 is 4.90 Å². The van der Waals surface area contributed by atoms with Gasteiger partial charge in [0.1, 0.15) is 11.2 Å². The van der Waals surface area contributed by atoms with Crippen LogP contribution in [0.2, 0.25) is 0 Å². The van der Waals surface area contributed by atoms with Crippen LogP contribution in [0.15, 0.2) is 223 Å². The van der Waals surface area contributed by atoms with Gasteiger partial charge in [0, 0.05) is 44.5 Å². The van der Waals surface area contributed by atoms with E-state index >= 15 is 0 Å².